The topological polar surface area (TPSA) is 38.3 Å². The molecule has 0 aliphatic heterocycles. The maximum absolute atomic E-state index is 11.7. The summed E-state index contributed by atoms with van der Waals surface area (Å²) < 4.78 is 5.07. The van der Waals surface area contributed by atoms with Gasteiger partial charge < -0.3 is 10.1 Å². The molecule has 0 rings (SSSR count). The van der Waals surface area contributed by atoms with Crippen molar-refractivity contribution in [2.24, 2.45) is 0 Å². The van der Waals surface area contributed by atoms with Gasteiger partial charge in [-0.15, -0.1) is 0 Å². The van der Waals surface area contributed by atoms with Gasteiger partial charge in [-0.25, -0.2) is 0 Å². The Balaban J connectivity index is 3.92. The maximum atomic E-state index is 11.7. The Bertz CT molecular complexity index is 199. The van der Waals surface area contributed by atoms with Crippen molar-refractivity contribution in [3.05, 3.63) is 0 Å². The summed E-state index contributed by atoms with van der Waals surface area (Å²) in [5.41, 5.74) is -0.533. The molecule has 3 nitrogen and oxygen atoms in total. The van der Waals surface area contributed by atoms with E-state index in [1.807, 2.05) is 32.7 Å². The normalized spacial score (nSPS) is 14.5. The predicted octanol–water partition coefficient (Wildman–Crippen LogP) is 2.45. The van der Waals surface area contributed by atoms with Crippen LogP contribution in [0, 0.1) is 0 Å². The van der Waals surface area contributed by atoms with Gasteiger partial charge in [0.05, 0.1) is 6.61 Å². The van der Waals surface area contributed by atoms with Crippen molar-refractivity contribution in [2.45, 2.75) is 45.6 Å². The average molecular weight is 247 g/mol. The summed E-state index contributed by atoms with van der Waals surface area (Å²) in [5, 5.41) is 3.07. The van der Waals surface area contributed by atoms with Crippen molar-refractivity contribution in [1.29, 1.82) is 0 Å². The second-order valence-corrected chi connectivity index (χ2v) is 5.24. The van der Waals surface area contributed by atoms with Crippen LogP contribution in [-0.2, 0) is 9.53 Å². The standard InChI is InChI=1S/C12H25NO2S/c1-5-7-9-16-10-8-12(3,13-4)11(14)15-6-2/h13H,5-10H2,1-4H3. The minimum atomic E-state index is -0.533. The zero-order chi connectivity index (χ0) is 12.4. The van der Waals surface area contributed by atoms with Gasteiger partial charge in [0.25, 0.3) is 0 Å². The Morgan fingerprint density at radius 1 is 1.38 bits per heavy atom. The number of unbranched alkanes of at least 4 members (excludes halogenated alkanes) is 1. The summed E-state index contributed by atoms with van der Waals surface area (Å²) in [6, 6.07) is 0. The van der Waals surface area contributed by atoms with Crippen LogP contribution in [0.25, 0.3) is 0 Å². The lowest BCUT2D eigenvalue weighted by Crippen LogP contribution is -2.49. The predicted molar refractivity (Wildman–Crippen MR) is 70.9 cm³/mol. The Morgan fingerprint density at radius 3 is 2.56 bits per heavy atom. The van der Waals surface area contributed by atoms with Gasteiger partial charge in [-0.1, -0.05) is 13.3 Å². The molecule has 0 aromatic carbocycles. The average Bonchev–Trinajstić information content (AvgIpc) is 2.28. The van der Waals surface area contributed by atoms with E-state index in [0.29, 0.717) is 6.61 Å². The monoisotopic (exact) mass is 247 g/mol. The Labute approximate surface area is 104 Å². The Hall–Kier alpha value is -0.220. The van der Waals surface area contributed by atoms with Crippen molar-refractivity contribution < 1.29 is 9.53 Å². The van der Waals surface area contributed by atoms with Crippen LogP contribution in [0.2, 0.25) is 0 Å². The molecule has 0 saturated heterocycles. The van der Waals surface area contributed by atoms with E-state index in [2.05, 4.69) is 12.2 Å². The van der Waals surface area contributed by atoms with Gasteiger partial charge in [-0.3, -0.25) is 4.79 Å². The van der Waals surface area contributed by atoms with E-state index in [-0.39, 0.29) is 5.97 Å². The van der Waals surface area contributed by atoms with Crippen LogP contribution in [0.4, 0.5) is 0 Å². The number of likely N-dealkylation sites (N-methyl/N-ethyl adjacent to an activating group) is 1. The number of carbonyl (C=O) groups excluding carboxylic acids is 1. The second-order valence-electron chi connectivity index (χ2n) is 4.02. The lowest BCUT2D eigenvalue weighted by atomic mass is 10.00. The first-order chi connectivity index (χ1) is 7.60. The number of ether oxygens (including phenoxy) is 1. The molecule has 0 aliphatic carbocycles. The number of nitrogens with one attached hydrogen (secondary N) is 1. The van der Waals surface area contributed by atoms with Gasteiger partial charge in [-0.2, -0.15) is 11.8 Å². The van der Waals surface area contributed by atoms with Crippen LogP contribution >= 0.6 is 11.8 Å². The molecule has 16 heavy (non-hydrogen) atoms. The third-order valence-corrected chi connectivity index (χ3v) is 3.74. The fraction of sp³-hybridized carbons (Fsp3) is 0.917. The van der Waals surface area contributed by atoms with E-state index in [4.69, 9.17) is 4.74 Å². The van der Waals surface area contributed by atoms with E-state index in [1.54, 1.807) is 0 Å². The van der Waals surface area contributed by atoms with Gasteiger partial charge in [0, 0.05) is 0 Å². The molecule has 1 N–H and O–H groups in total. The number of hydrogen-bond donors (Lipinski definition) is 1. The van der Waals surface area contributed by atoms with Crippen LogP contribution in [-0.4, -0.2) is 36.7 Å². The molecule has 96 valence electrons. The highest BCUT2D eigenvalue weighted by molar-refractivity contribution is 7.99. The largest absolute Gasteiger partial charge is 0.465 e. The first-order valence-corrected chi connectivity index (χ1v) is 7.20. The molecule has 0 aliphatic rings. The smallest absolute Gasteiger partial charge is 0.326 e. The van der Waals surface area contributed by atoms with E-state index in [9.17, 15) is 4.79 Å². The number of thioether (sulfide) groups is 1. The molecule has 0 spiro atoms. The Kier molecular flexibility index (Phi) is 8.76. The van der Waals surface area contributed by atoms with E-state index < -0.39 is 5.54 Å². The number of carbonyl (C=O) groups is 1. The minimum Gasteiger partial charge on any atom is -0.465 e. The fourth-order valence-corrected chi connectivity index (χ4v) is 2.49. The molecule has 0 radical (unpaired) electrons. The molecule has 0 heterocycles. The summed E-state index contributed by atoms with van der Waals surface area (Å²) >= 11 is 1.91. The molecule has 0 saturated carbocycles. The number of rotatable bonds is 9. The SMILES string of the molecule is CCCCSCCC(C)(NC)C(=O)OCC. The first kappa shape index (κ1) is 15.8. The highest BCUT2D eigenvalue weighted by Gasteiger charge is 2.32. The Morgan fingerprint density at radius 2 is 2.06 bits per heavy atom. The molecule has 0 fully saturated rings. The minimum absolute atomic E-state index is 0.145. The van der Waals surface area contributed by atoms with Crippen LogP contribution in [0.5, 0.6) is 0 Å². The summed E-state index contributed by atoms with van der Waals surface area (Å²) in [4.78, 5) is 11.7. The summed E-state index contributed by atoms with van der Waals surface area (Å²) in [6.45, 7) is 6.38. The van der Waals surface area contributed by atoms with Crippen LogP contribution in [0.15, 0.2) is 0 Å². The maximum Gasteiger partial charge on any atom is 0.326 e. The van der Waals surface area contributed by atoms with Crippen molar-refractivity contribution in [3.8, 4) is 0 Å². The summed E-state index contributed by atoms with van der Waals surface area (Å²) in [6.07, 6.45) is 3.30. The van der Waals surface area contributed by atoms with Crippen LogP contribution in [0.3, 0.4) is 0 Å². The molecule has 0 amide bonds. The van der Waals surface area contributed by atoms with Crippen molar-refractivity contribution >= 4 is 17.7 Å². The molecular weight excluding hydrogens is 222 g/mol. The highest BCUT2D eigenvalue weighted by Crippen LogP contribution is 2.16. The fourth-order valence-electron chi connectivity index (χ4n) is 1.24. The quantitative estimate of drug-likeness (QED) is 0.502. The molecule has 0 aromatic rings. The lowest BCUT2D eigenvalue weighted by Gasteiger charge is -2.26. The molecule has 0 aromatic heterocycles. The second kappa shape index (κ2) is 8.88. The molecule has 0 bridgehead atoms. The number of esters is 1. The summed E-state index contributed by atoms with van der Waals surface area (Å²) in [5.74, 6) is 2.03. The third kappa shape index (κ3) is 5.75. The van der Waals surface area contributed by atoms with Gasteiger partial charge in [-0.05, 0) is 45.2 Å². The van der Waals surface area contributed by atoms with Crippen LogP contribution in [0.1, 0.15) is 40.0 Å². The number of hydrogen-bond acceptors (Lipinski definition) is 4. The molecule has 1 atom stereocenters. The summed E-state index contributed by atoms with van der Waals surface area (Å²) in [7, 11) is 1.81. The first-order valence-electron chi connectivity index (χ1n) is 6.04. The van der Waals surface area contributed by atoms with Crippen molar-refractivity contribution in [3.63, 3.8) is 0 Å². The van der Waals surface area contributed by atoms with Gasteiger partial charge >= 0.3 is 5.97 Å². The van der Waals surface area contributed by atoms with E-state index in [1.165, 1.54) is 18.6 Å². The molecular formula is C12H25NO2S. The van der Waals surface area contributed by atoms with E-state index in [0.717, 1.165) is 12.2 Å². The van der Waals surface area contributed by atoms with Crippen molar-refractivity contribution in [1.82, 2.24) is 5.32 Å². The third-order valence-electron chi connectivity index (χ3n) is 2.67. The molecule has 1 unspecified atom stereocenters. The van der Waals surface area contributed by atoms with Crippen LogP contribution < -0.4 is 5.32 Å². The van der Waals surface area contributed by atoms with E-state index >= 15 is 0 Å². The zero-order valence-corrected chi connectivity index (χ0v) is 11.8. The lowest BCUT2D eigenvalue weighted by molar-refractivity contribution is -0.150. The van der Waals surface area contributed by atoms with Crippen molar-refractivity contribution in [2.75, 3.05) is 25.2 Å². The van der Waals surface area contributed by atoms with Gasteiger partial charge in [0.15, 0.2) is 0 Å². The van der Waals surface area contributed by atoms with Gasteiger partial charge in [0.2, 0.25) is 0 Å². The van der Waals surface area contributed by atoms with Gasteiger partial charge in [0.1, 0.15) is 5.54 Å². The molecule has 4 heteroatoms. The highest BCUT2D eigenvalue weighted by atomic mass is 32.2. The zero-order valence-electron chi connectivity index (χ0n) is 11.0.